The van der Waals surface area contributed by atoms with Crippen LogP contribution in [0.15, 0.2) is 28.8 Å². The molecule has 0 radical (unpaired) electrons. The van der Waals surface area contributed by atoms with E-state index in [1.165, 1.54) is 0 Å². The molecule has 1 aromatic carbocycles. The van der Waals surface area contributed by atoms with Gasteiger partial charge in [-0.25, -0.2) is 4.98 Å². The quantitative estimate of drug-likeness (QED) is 0.748. The summed E-state index contributed by atoms with van der Waals surface area (Å²) in [5, 5.41) is 4.50. The maximum Gasteiger partial charge on any atom is 0.194 e. The molecule has 2 aromatic rings. The molecule has 0 bridgehead atoms. The highest BCUT2D eigenvalue weighted by atomic mass is 35.5. The normalized spacial score (nSPS) is 11.0. The molecule has 2 rings (SSSR count). The minimum absolute atomic E-state index is 0.600. The van der Waals surface area contributed by atoms with Gasteiger partial charge < -0.3 is 14.5 Å². The highest BCUT2D eigenvalue weighted by molar-refractivity contribution is 6.35. The second-order valence-electron chi connectivity index (χ2n) is 4.59. The van der Waals surface area contributed by atoms with Crippen molar-refractivity contribution in [2.75, 3.05) is 26.8 Å². The predicted molar refractivity (Wildman–Crippen MR) is 85.0 cm³/mol. The molecule has 0 amide bonds. The Kier molecular flexibility index (Phi) is 6.51. The topological polar surface area (TPSA) is 47.3 Å². The summed E-state index contributed by atoms with van der Waals surface area (Å²) in [6.45, 7) is 2.47. The first-order valence-corrected chi connectivity index (χ1v) is 7.56. The molecule has 1 N–H and O–H groups in total. The number of oxazole rings is 1. The van der Waals surface area contributed by atoms with Crippen molar-refractivity contribution in [3.63, 3.8) is 0 Å². The first-order chi connectivity index (χ1) is 10.2. The van der Waals surface area contributed by atoms with Crippen LogP contribution in [0.4, 0.5) is 0 Å². The summed E-state index contributed by atoms with van der Waals surface area (Å²) in [6, 6.07) is 5.28. The lowest BCUT2D eigenvalue weighted by atomic mass is 10.2. The van der Waals surface area contributed by atoms with Crippen LogP contribution in [0.5, 0.6) is 0 Å². The van der Waals surface area contributed by atoms with Gasteiger partial charge in [-0.1, -0.05) is 23.2 Å². The standard InChI is InChI=1S/C15H18Cl2N2O2/c1-20-8-7-18-6-2-3-15-19-10-14(21-15)12-9-11(16)4-5-13(12)17/h4-5,9-10,18H,2-3,6-8H2,1H3. The van der Waals surface area contributed by atoms with Gasteiger partial charge in [0.2, 0.25) is 0 Å². The minimum Gasteiger partial charge on any atom is -0.441 e. The fraction of sp³-hybridized carbons (Fsp3) is 0.400. The SMILES string of the molecule is COCCNCCCc1ncc(-c2cc(Cl)ccc2Cl)o1. The summed E-state index contributed by atoms with van der Waals surface area (Å²) in [5.41, 5.74) is 0.765. The van der Waals surface area contributed by atoms with Crippen LogP contribution in [0.1, 0.15) is 12.3 Å². The van der Waals surface area contributed by atoms with E-state index in [-0.39, 0.29) is 0 Å². The van der Waals surface area contributed by atoms with Gasteiger partial charge in [0.25, 0.3) is 0 Å². The van der Waals surface area contributed by atoms with Crippen molar-refractivity contribution in [3.8, 4) is 11.3 Å². The van der Waals surface area contributed by atoms with Gasteiger partial charge >= 0.3 is 0 Å². The number of aromatic nitrogens is 1. The number of halogens is 2. The second-order valence-corrected chi connectivity index (χ2v) is 5.43. The van der Waals surface area contributed by atoms with Gasteiger partial charge in [-0.2, -0.15) is 0 Å². The number of hydrogen-bond donors (Lipinski definition) is 1. The van der Waals surface area contributed by atoms with Gasteiger partial charge in [0.15, 0.2) is 11.7 Å². The Bertz CT molecular complexity index is 573. The van der Waals surface area contributed by atoms with Crippen molar-refractivity contribution in [2.45, 2.75) is 12.8 Å². The van der Waals surface area contributed by atoms with Crippen LogP contribution in [0.25, 0.3) is 11.3 Å². The summed E-state index contributed by atoms with van der Waals surface area (Å²) in [7, 11) is 1.69. The van der Waals surface area contributed by atoms with Crippen LogP contribution >= 0.6 is 23.2 Å². The number of nitrogens with zero attached hydrogens (tertiary/aromatic N) is 1. The molecule has 6 heteroatoms. The van der Waals surface area contributed by atoms with Gasteiger partial charge in [0, 0.05) is 30.7 Å². The van der Waals surface area contributed by atoms with Crippen LogP contribution in [0, 0.1) is 0 Å². The van der Waals surface area contributed by atoms with E-state index >= 15 is 0 Å². The molecule has 0 spiro atoms. The summed E-state index contributed by atoms with van der Waals surface area (Å²) in [4.78, 5) is 4.28. The van der Waals surface area contributed by atoms with Crippen molar-refractivity contribution >= 4 is 23.2 Å². The van der Waals surface area contributed by atoms with Crippen molar-refractivity contribution in [1.82, 2.24) is 10.3 Å². The molecule has 4 nitrogen and oxygen atoms in total. The van der Waals surface area contributed by atoms with Gasteiger partial charge in [-0.3, -0.25) is 0 Å². The van der Waals surface area contributed by atoms with Crippen LogP contribution < -0.4 is 5.32 Å². The van der Waals surface area contributed by atoms with E-state index < -0.39 is 0 Å². The van der Waals surface area contributed by atoms with E-state index in [1.807, 2.05) is 0 Å². The Morgan fingerprint density at radius 3 is 2.95 bits per heavy atom. The van der Waals surface area contributed by atoms with Crippen LogP contribution in [0.3, 0.4) is 0 Å². The Morgan fingerprint density at radius 1 is 1.29 bits per heavy atom. The van der Waals surface area contributed by atoms with Gasteiger partial charge in [-0.15, -0.1) is 0 Å². The zero-order valence-corrected chi connectivity index (χ0v) is 13.4. The van der Waals surface area contributed by atoms with Crippen LogP contribution in [-0.2, 0) is 11.2 Å². The molecular formula is C15H18Cl2N2O2. The second kappa shape index (κ2) is 8.39. The van der Waals surface area contributed by atoms with Gasteiger partial charge in [-0.05, 0) is 31.2 Å². The Hall–Kier alpha value is -1.07. The first kappa shape index (κ1) is 16.3. The Labute approximate surface area is 134 Å². The third kappa shape index (κ3) is 5.00. The Balaban J connectivity index is 1.88. The summed E-state index contributed by atoms with van der Waals surface area (Å²) >= 11 is 12.1. The number of aryl methyl sites for hydroxylation is 1. The molecule has 0 atom stereocenters. The van der Waals surface area contributed by atoms with Crippen LogP contribution in [0.2, 0.25) is 10.0 Å². The maximum absolute atomic E-state index is 6.15. The van der Waals surface area contributed by atoms with Crippen molar-refractivity contribution in [3.05, 3.63) is 40.3 Å². The van der Waals surface area contributed by atoms with Gasteiger partial charge in [0.1, 0.15) is 0 Å². The van der Waals surface area contributed by atoms with Crippen molar-refractivity contribution in [1.29, 1.82) is 0 Å². The third-order valence-corrected chi connectivity index (χ3v) is 3.54. The zero-order valence-electron chi connectivity index (χ0n) is 11.9. The largest absolute Gasteiger partial charge is 0.441 e. The van der Waals surface area contributed by atoms with Gasteiger partial charge in [0.05, 0.1) is 17.8 Å². The van der Waals surface area contributed by atoms with E-state index in [2.05, 4.69) is 10.3 Å². The molecular weight excluding hydrogens is 311 g/mol. The van der Waals surface area contributed by atoms with Crippen LogP contribution in [-0.4, -0.2) is 31.8 Å². The summed E-state index contributed by atoms with van der Waals surface area (Å²) in [6.07, 6.45) is 3.41. The lowest BCUT2D eigenvalue weighted by Crippen LogP contribution is -2.20. The van der Waals surface area contributed by atoms with E-state index in [0.717, 1.165) is 38.1 Å². The minimum atomic E-state index is 0.600. The zero-order chi connectivity index (χ0) is 15.1. The lowest BCUT2D eigenvalue weighted by Gasteiger charge is -2.02. The molecule has 0 saturated carbocycles. The smallest absolute Gasteiger partial charge is 0.194 e. The lowest BCUT2D eigenvalue weighted by molar-refractivity contribution is 0.199. The molecule has 1 aromatic heterocycles. The fourth-order valence-corrected chi connectivity index (χ4v) is 2.28. The molecule has 0 unspecified atom stereocenters. The highest BCUT2D eigenvalue weighted by Crippen LogP contribution is 2.31. The first-order valence-electron chi connectivity index (χ1n) is 6.80. The number of methoxy groups -OCH3 is 1. The number of hydrogen-bond acceptors (Lipinski definition) is 4. The van der Waals surface area contributed by atoms with E-state index in [1.54, 1.807) is 31.5 Å². The Morgan fingerprint density at radius 2 is 2.14 bits per heavy atom. The third-order valence-electron chi connectivity index (χ3n) is 2.97. The maximum atomic E-state index is 6.15. The van der Waals surface area contributed by atoms with E-state index in [0.29, 0.717) is 21.7 Å². The van der Waals surface area contributed by atoms with Crippen molar-refractivity contribution < 1.29 is 9.15 Å². The van der Waals surface area contributed by atoms with Crippen molar-refractivity contribution in [2.24, 2.45) is 0 Å². The average Bonchev–Trinajstić information content (AvgIpc) is 2.94. The molecule has 0 aliphatic heterocycles. The summed E-state index contributed by atoms with van der Waals surface area (Å²) < 4.78 is 10.7. The van der Waals surface area contributed by atoms with E-state index in [4.69, 9.17) is 32.4 Å². The highest BCUT2D eigenvalue weighted by Gasteiger charge is 2.10. The molecule has 0 aliphatic rings. The molecule has 21 heavy (non-hydrogen) atoms. The fourth-order valence-electron chi connectivity index (χ4n) is 1.90. The molecule has 0 fully saturated rings. The molecule has 0 aliphatic carbocycles. The van der Waals surface area contributed by atoms with E-state index in [9.17, 15) is 0 Å². The summed E-state index contributed by atoms with van der Waals surface area (Å²) in [5.74, 6) is 1.35. The predicted octanol–water partition coefficient (Wildman–Crippen LogP) is 3.82. The number of nitrogens with one attached hydrogen (secondary N) is 1. The average molecular weight is 329 g/mol. The molecule has 1 heterocycles. The number of ether oxygens (including phenoxy) is 1. The number of rotatable bonds is 8. The monoisotopic (exact) mass is 328 g/mol. The molecule has 114 valence electrons. The molecule has 0 saturated heterocycles. The number of benzene rings is 1.